The molecule has 11 heteroatoms. The number of hydrogen-bond donors (Lipinski definition) is 3. The fourth-order valence-electron chi connectivity index (χ4n) is 4.81. The summed E-state index contributed by atoms with van der Waals surface area (Å²) in [5.74, 6) is -3.79. The summed E-state index contributed by atoms with van der Waals surface area (Å²) in [7, 11) is -0.344. The lowest BCUT2D eigenvalue weighted by Crippen LogP contribution is -2.45. The van der Waals surface area contributed by atoms with Crippen molar-refractivity contribution in [2.45, 2.75) is 18.9 Å². The van der Waals surface area contributed by atoms with Crippen LogP contribution in [0.15, 0.2) is 33.7 Å². The van der Waals surface area contributed by atoms with E-state index in [1.54, 1.807) is 12.1 Å². The van der Waals surface area contributed by atoms with Gasteiger partial charge >= 0.3 is 13.2 Å². The number of nitrogens with zero attached hydrogens (tertiary/aromatic N) is 1. The van der Waals surface area contributed by atoms with Gasteiger partial charge in [-0.25, -0.2) is 4.79 Å². The number of carbonyl (C=O) groups is 3. The first kappa shape index (κ1) is 21.0. The second-order valence-electron chi connectivity index (χ2n) is 7.56. The number of hydrogen-bond acceptors (Lipinski definition) is 8. The first-order valence-corrected chi connectivity index (χ1v) is 10.2. The summed E-state index contributed by atoms with van der Waals surface area (Å²) in [6.07, 6.45) is -1.60. The summed E-state index contributed by atoms with van der Waals surface area (Å²) >= 11 is 3.33. The Labute approximate surface area is 180 Å². The molecule has 2 aliphatic heterocycles. The van der Waals surface area contributed by atoms with Gasteiger partial charge in [-0.05, 0) is 48.0 Å². The molecule has 0 saturated carbocycles. The molecule has 4 atom stereocenters. The van der Waals surface area contributed by atoms with Crippen LogP contribution in [0.1, 0.15) is 24.5 Å². The normalized spacial score (nSPS) is 28.5. The monoisotopic (exact) mass is 479 g/mol. The average Bonchev–Trinajstić information content (AvgIpc) is 2.98. The first-order valence-electron chi connectivity index (χ1n) is 9.38. The number of likely N-dealkylation sites (tertiary alicyclic amines) is 1. The number of amides is 3. The number of allylic oxidation sites excluding steroid dienone is 1. The van der Waals surface area contributed by atoms with Crippen molar-refractivity contribution in [3.05, 3.63) is 39.3 Å². The quantitative estimate of drug-likeness (QED) is 0.427. The largest absolute Gasteiger partial charge is 0.508 e. The molecule has 0 aromatic heterocycles. The highest BCUT2D eigenvalue weighted by molar-refractivity contribution is 9.10. The average molecular weight is 480 g/mol. The van der Waals surface area contributed by atoms with Crippen molar-refractivity contribution < 1.29 is 39.0 Å². The van der Waals surface area contributed by atoms with E-state index in [0.717, 1.165) is 7.11 Å². The van der Waals surface area contributed by atoms with Gasteiger partial charge in [-0.2, -0.15) is 4.90 Å². The molecule has 2 saturated heterocycles. The van der Waals surface area contributed by atoms with Gasteiger partial charge in [-0.15, -0.1) is 0 Å². The zero-order valence-corrected chi connectivity index (χ0v) is 17.5. The number of benzene rings is 1. The number of aromatic hydroxyl groups is 1. The third kappa shape index (κ3) is 3.16. The summed E-state index contributed by atoms with van der Waals surface area (Å²) in [6, 6.07) is 4.78. The Morgan fingerprint density at radius 1 is 1.33 bits per heavy atom. The molecule has 0 bridgehead atoms. The van der Waals surface area contributed by atoms with Gasteiger partial charge in [-0.1, -0.05) is 15.9 Å². The van der Waals surface area contributed by atoms with Crippen molar-refractivity contribution in [1.82, 2.24) is 4.90 Å². The van der Waals surface area contributed by atoms with E-state index >= 15 is 0 Å². The molecule has 3 amide bonds. The Morgan fingerprint density at radius 3 is 2.73 bits per heavy atom. The number of aliphatic hydroxyl groups excluding tert-OH is 1. The van der Waals surface area contributed by atoms with Gasteiger partial charge in [0.15, 0.2) is 0 Å². The standard InChI is InChI=1S/C19H19BBrNO8/c1-29-19(27)22-17(25)12-4-8(7-23)16-11(15(12)18(22)26)6-14(30-20(16)28)10-5-9(21)2-3-13(10)24/h2-3,5,11-12,14-15,23-24,28H,4,6-7H2,1H3/t11-,12-,14-,15+/m0/s1. The van der Waals surface area contributed by atoms with Crippen molar-refractivity contribution in [2.24, 2.45) is 17.8 Å². The summed E-state index contributed by atoms with van der Waals surface area (Å²) < 4.78 is 11.0. The zero-order chi connectivity index (χ0) is 21.7. The maximum Gasteiger partial charge on any atom is 0.487 e. The predicted molar refractivity (Wildman–Crippen MR) is 106 cm³/mol. The Kier molecular flexibility index (Phi) is 5.47. The fraction of sp³-hybridized carbons (Fsp3) is 0.421. The van der Waals surface area contributed by atoms with E-state index in [2.05, 4.69) is 20.7 Å². The summed E-state index contributed by atoms with van der Waals surface area (Å²) in [5, 5.41) is 30.8. The molecule has 2 fully saturated rings. The predicted octanol–water partition coefficient (Wildman–Crippen LogP) is 1.31. The van der Waals surface area contributed by atoms with Gasteiger partial charge in [-0.3, -0.25) is 9.59 Å². The minimum Gasteiger partial charge on any atom is -0.508 e. The maximum atomic E-state index is 13.0. The Hall–Kier alpha value is -2.21. The number of carbonyl (C=O) groups excluding carboxylic acids is 3. The number of imide groups is 3. The van der Waals surface area contributed by atoms with E-state index in [-0.39, 0.29) is 18.6 Å². The van der Waals surface area contributed by atoms with Crippen LogP contribution in [0.25, 0.3) is 0 Å². The van der Waals surface area contributed by atoms with Crippen molar-refractivity contribution in [1.29, 1.82) is 0 Å². The molecule has 30 heavy (non-hydrogen) atoms. The molecule has 3 aliphatic rings. The van der Waals surface area contributed by atoms with Gasteiger partial charge in [0.2, 0.25) is 11.8 Å². The second-order valence-corrected chi connectivity index (χ2v) is 8.47. The summed E-state index contributed by atoms with van der Waals surface area (Å²) in [5.41, 5.74) is 1.19. The van der Waals surface area contributed by atoms with Crippen molar-refractivity contribution in [3.8, 4) is 5.75 Å². The fourth-order valence-corrected chi connectivity index (χ4v) is 5.19. The maximum absolute atomic E-state index is 13.0. The molecule has 158 valence electrons. The molecule has 0 unspecified atom stereocenters. The number of phenolic OH excluding ortho intramolecular Hbond substituents is 1. The number of aliphatic hydroxyl groups is 1. The van der Waals surface area contributed by atoms with Crippen LogP contribution in [-0.4, -0.2) is 58.9 Å². The molecule has 1 aromatic rings. The van der Waals surface area contributed by atoms with Gasteiger partial charge in [0.25, 0.3) is 0 Å². The van der Waals surface area contributed by atoms with E-state index in [9.17, 15) is 29.6 Å². The van der Waals surface area contributed by atoms with E-state index in [1.165, 1.54) is 6.07 Å². The highest BCUT2D eigenvalue weighted by atomic mass is 79.9. The number of rotatable bonds is 2. The Bertz CT molecular complexity index is 966. The molecule has 1 aliphatic carbocycles. The molecule has 3 N–H and O–H groups in total. The van der Waals surface area contributed by atoms with Gasteiger partial charge in [0.1, 0.15) is 5.75 Å². The highest BCUT2D eigenvalue weighted by Crippen LogP contribution is 2.52. The number of methoxy groups -OCH3 is 1. The van der Waals surface area contributed by atoms with E-state index in [4.69, 9.17) is 4.65 Å². The molecule has 1 aromatic carbocycles. The van der Waals surface area contributed by atoms with Crippen molar-refractivity contribution >= 4 is 41.0 Å². The van der Waals surface area contributed by atoms with E-state index in [0.29, 0.717) is 26.0 Å². The summed E-state index contributed by atoms with van der Waals surface area (Å²) in [4.78, 5) is 38.3. The van der Waals surface area contributed by atoms with Gasteiger partial charge < -0.3 is 24.6 Å². The lowest BCUT2D eigenvalue weighted by molar-refractivity contribution is -0.137. The lowest BCUT2D eigenvalue weighted by atomic mass is 9.55. The van der Waals surface area contributed by atoms with Crippen molar-refractivity contribution in [3.63, 3.8) is 0 Å². The van der Waals surface area contributed by atoms with Crippen LogP contribution in [0, 0.1) is 17.8 Å². The first-order chi connectivity index (χ1) is 14.3. The topological polar surface area (TPSA) is 134 Å². The number of phenols is 1. The number of ether oxygens (including phenoxy) is 1. The molecule has 0 radical (unpaired) electrons. The van der Waals surface area contributed by atoms with Crippen molar-refractivity contribution in [2.75, 3.05) is 13.7 Å². The SMILES string of the molecule is COC(=O)N1C(=O)[C@H]2[C@H](CC(CO)=C3B(O)O[C@H](c4cc(Br)ccc4O)C[C@H]32)C1=O. The molecule has 4 rings (SSSR count). The molecule has 2 heterocycles. The second kappa shape index (κ2) is 7.80. The Balaban J connectivity index is 1.76. The third-order valence-electron chi connectivity index (χ3n) is 6.10. The molecule has 9 nitrogen and oxygen atoms in total. The smallest absolute Gasteiger partial charge is 0.487 e. The summed E-state index contributed by atoms with van der Waals surface area (Å²) in [6.45, 7) is -0.415. The Morgan fingerprint density at radius 2 is 2.07 bits per heavy atom. The van der Waals surface area contributed by atoms with Crippen LogP contribution < -0.4 is 0 Å². The van der Waals surface area contributed by atoms with E-state index in [1.807, 2.05) is 0 Å². The number of fused-ring (bicyclic) bond motifs is 3. The minimum absolute atomic E-state index is 0.0393. The van der Waals surface area contributed by atoms with Crippen LogP contribution in [0.2, 0.25) is 0 Å². The van der Waals surface area contributed by atoms with E-state index < -0.39 is 55.5 Å². The number of halogens is 1. The van der Waals surface area contributed by atoms with Gasteiger partial charge in [0, 0.05) is 10.0 Å². The van der Waals surface area contributed by atoms with Crippen LogP contribution in [0.5, 0.6) is 5.75 Å². The van der Waals surface area contributed by atoms with Gasteiger partial charge in [0.05, 0.1) is 31.7 Å². The van der Waals surface area contributed by atoms with Crippen LogP contribution in [0.4, 0.5) is 4.79 Å². The minimum atomic E-state index is -1.43. The molecular formula is C19H19BBrNO8. The third-order valence-corrected chi connectivity index (χ3v) is 6.59. The van der Waals surface area contributed by atoms with Crippen LogP contribution in [0.3, 0.4) is 0 Å². The zero-order valence-electron chi connectivity index (χ0n) is 15.9. The lowest BCUT2D eigenvalue weighted by Gasteiger charge is -2.42. The molecule has 0 spiro atoms. The highest BCUT2D eigenvalue weighted by Gasteiger charge is 2.59. The molecular weight excluding hydrogens is 461 g/mol. The van der Waals surface area contributed by atoms with Crippen LogP contribution >= 0.6 is 15.9 Å². The van der Waals surface area contributed by atoms with Crippen LogP contribution in [-0.2, 0) is 19.0 Å².